The summed E-state index contributed by atoms with van der Waals surface area (Å²) in [7, 11) is 0. The second kappa shape index (κ2) is 6.29. The highest BCUT2D eigenvalue weighted by molar-refractivity contribution is 6.42. The molecule has 1 saturated carbocycles. The van der Waals surface area contributed by atoms with Gasteiger partial charge >= 0.3 is 0 Å². The Bertz CT molecular complexity index is 646. The molecule has 2 N–H and O–H groups in total. The Kier molecular flexibility index (Phi) is 4.42. The van der Waals surface area contributed by atoms with Crippen molar-refractivity contribution >= 4 is 28.9 Å². The van der Waals surface area contributed by atoms with E-state index in [9.17, 15) is 0 Å². The number of nitrogens with two attached hydrogens (primary N) is 1. The third-order valence-electron chi connectivity index (χ3n) is 4.35. The summed E-state index contributed by atoms with van der Waals surface area (Å²) in [6.07, 6.45) is 6.60. The number of benzene rings is 2. The van der Waals surface area contributed by atoms with E-state index in [2.05, 4.69) is 12.1 Å². The standard InChI is InChI=1S/C18H19Cl2N/c19-16-7-6-14(11-17(16)20)15-10-13(5-8-18(15)21)9-12-3-1-2-4-12/h5-8,10-12H,1-4,9,21H2. The lowest BCUT2D eigenvalue weighted by atomic mass is 9.94. The van der Waals surface area contributed by atoms with Gasteiger partial charge in [-0.05, 0) is 47.7 Å². The fraction of sp³-hybridized carbons (Fsp3) is 0.333. The van der Waals surface area contributed by atoms with Crippen LogP contribution in [0.25, 0.3) is 11.1 Å². The number of hydrogen-bond acceptors (Lipinski definition) is 1. The molecule has 0 unspecified atom stereocenters. The molecule has 1 aliphatic rings. The second-order valence-corrected chi connectivity index (χ2v) is 6.72. The zero-order valence-corrected chi connectivity index (χ0v) is 13.4. The van der Waals surface area contributed by atoms with E-state index >= 15 is 0 Å². The van der Waals surface area contributed by atoms with Crippen molar-refractivity contribution in [2.24, 2.45) is 5.92 Å². The van der Waals surface area contributed by atoms with Crippen molar-refractivity contribution in [1.29, 1.82) is 0 Å². The monoisotopic (exact) mass is 319 g/mol. The zero-order chi connectivity index (χ0) is 14.8. The van der Waals surface area contributed by atoms with Crippen LogP contribution in [0.15, 0.2) is 36.4 Å². The molecule has 0 saturated heterocycles. The van der Waals surface area contributed by atoms with Gasteiger partial charge in [0.25, 0.3) is 0 Å². The average molecular weight is 320 g/mol. The minimum Gasteiger partial charge on any atom is -0.398 e. The smallest absolute Gasteiger partial charge is 0.0598 e. The van der Waals surface area contributed by atoms with Crippen LogP contribution >= 0.6 is 23.2 Å². The summed E-state index contributed by atoms with van der Waals surface area (Å²) >= 11 is 12.1. The Labute approximate surface area is 136 Å². The molecular formula is C18H19Cl2N. The Morgan fingerprint density at radius 1 is 0.952 bits per heavy atom. The van der Waals surface area contributed by atoms with E-state index < -0.39 is 0 Å². The topological polar surface area (TPSA) is 26.0 Å². The molecule has 1 aliphatic carbocycles. The van der Waals surface area contributed by atoms with Gasteiger partial charge in [-0.2, -0.15) is 0 Å². The van der Waals surface area contributed by atoms with Crippen LogP contribution in [0.4, 0.5) is 5.69 Å². The van der Waals surface area contributed by atoms with E-state index in [-0.39, 0.29) is 0 Å². The summed E-state index contributed by atoms with van der Waals surface area (Å²) < 4.78 is 0. The fourth-order valence-electron chi connectivity index (χ4n) is 3.19. The van der Waals surface area contributed by atoms with Crippen LogP contribution in [0.2, 0.25) is 10.0 Å². The maximum absolute atomic E-state index is 6.14. The molecule has 3 rings (SSSR count). The first-order valence-electron chi connectivity index (χ1n) is 7.47. The van der Waals surface area contributed by atoms with E-state index in [1.807, 2.05) is 24.3 Å². The van der Waals surface area contributed by atoms with Gasteiger partial charge in [0.05, 0.1) is 10.0 Å². The number of hydrogen-bond donors (Lipinski definition) is 1. The molecular weight excluding hydrogens is 301 g/mol. The van der Waals surface area contributed by atoms with Gasteiger partial charge in [-0.15, -0.1) is 0 Å². The van der Waals surface area contributed by atoms with Crippen LogP contribution in [-0.2, 0) is 6.42 Å². The fourth-order valence-corrected chi connectivity index (χ4v) is 3.49. The maximum Gasteiger partial charge on any atom is 0.0598 e. The summed E-state index contributed by atoms with van der Waals surface area (Å²) in [5, 5.41) is 1.14. The summed E-state index contributed by atoms with van der Waals surface area (Å²) in [5.74, 6) is 0.829. The molecule has 0 aliphatic heterocycles. The number of rotatable bonds is 3. The van der Waals surface area contributed by atoms with Crippen molar-refractivity contribution in [3.05, 3.63) is 52.0 Å². The molecule has 21 heavy (non-hydrogen) atoms. The second-order valence-electron chi connectivity index (χ2n) is 5.91. The predicted molar refractivity (Wildman–Crippen MR) is 92.0 cm³/mol. The number of nitrogen functional groups attached to an aromatic ring is 1. The normalized spacial score (nSPS) is 15.5. The first-order chi connectivity index (χ1) is 10.1. The third-order valence-corrected chi connectivity index (χ3v) is 5.09. The maximum atomic E-state index is 6.14. The van der Waals surface area contributed by atoms with Crippen LogP contribution in [0.1, 0.15) is 31.2 Å². The van der Waals surface area contributed by atoms with E-state index in [0.29, 0.717) is 10.0 Å². The molecule has 110 valence electrons. The van der Waals surface area contributed by atoms with Crippen molar-refractivity contribution < 1.29 is 0 Å². The largest absolute Gasteiger partial charge is 0.398 e. The van der Waals surface area contributed by atoms with Crippen molar-refractivity contribution in [1.82, 2.24) is 0 Å². The van der Waals surface area contributed by atoms with Crippen molar-refractivity contribution in [2.45, 2.75) is 32.1 Å². The third kappa shape index (κ3) is 3.36. The molecule has 3 heteroatoms. The Morgan fingerprint density at radius 3 is 2.43 bits per heavy atom. The Hall–Kier alpha value is -1.18. The van der Waals surface area contributed by atoms with Gasteiger partial charge in [-0.3, -0.25) is 0 Å². The van der Waals surface area contributed by atoms with Crippen LogP contribution in [-0.4, -0.2) is 0 Å². The van der Waals surface area contributed by atoms with Gasteiger partial charge in [0.2, 0.25) is 0 Å². The lowest BCUT2D eigenvalue weighted by molar-refractivity contribution is 0.546. The van der Waals surface area contributed by atoms with E-state index in [1.54, 1.807) is 0 Å². The van der Waals surface area contributed by atoms with Gasteiger partial charge in [0, 0.05) is 11.3 Å². The quantitative estimate of drug-likeness (QED) is 0.692. The Balaban J connectivity index is 1.91. The number of anilines is 1. The van der Waals surface area contributed by atoms with Gasteiger partial charge in [0.15, 0.2) is 0 Å². The van der Waals surface area contributed by atoms with Crippen LogP contribution in [0, 0.1) is 5.92 Å². The molecule has 0 aromatic heterocycles. The highest BCUT2D eigenvalue weighted by Crippen LogP contribution is 2.34. The molecule has 0 atom stereocenters. The van der Waals surface area contributed by atoms with Crippen molar-refractivity contribution in [2.75, 3.05) is 5.73 Å². The lowest BCUT2D eigenvalue weighted by Gasteiger charge is -2.13. The molecule has 0 amide bonds. The molecule has 0 heterocycles. The molecule has 0 bridgehead atoms. The van der Waals surface area contributed by atoms with Crippen LogP contribution in [0.3, 0.4) is 0 Å². The van der Waals surface area contributed by atoms with Gasteiger partial charge in [-0.1, -0.05) is 61.0 Å². The predicted octanol–water partition coefficient (Wildman–Crippen LogP) is 5.98. The van der Waals surface area contributed by atoms with Crippen LogP contribution in [0.5, 0.6) is 0 Å². The van der Waals surface area contributed by atoms with E-state index in [0.717, 1.165) is 29.2 Å². The molecule has 2 aromatic carbocycles. The van der Waals surface area contributed by atoms with Crippen molar-refractivity contribution in [3.63, 3.8) is 0 Å². The van der Waals surface area contributed by atoms with Gasteiger partial charge < -0.3 is 5.73 Å². The average Bonchev–Trinajstić information content (AvgIpc) is 2.97. The van der Waals surface area contributed by atoms with Crippen LogP contribution < -0.4 is 5.73 Å². The van der Waals surface area contributed by atoms with Gasteiger partial charge in [-0.25, -0.2) is 0 Å². The Morgan fingerprint density at radius 2 is 1.71 bits per heavy atom. The first kappa shape index (κ1) is 14.7. The van der Waals surface area contributed by atoms with Crippen molar-refractivity contribution in [3.8, 4) is 11.1 Å². The molecule has 0 radical (unpaired) electrons. The molecule has 0 spiro atoms. The lowest BCUT2D eigenvalue weighted by Crippen LogP contribution is -2.00. The molecule has 2 aromatic rings. The summed E-state index contributed by atoms with van der Waals surface area (Å²) in [4.78, 5) is 0. The summed E-state index contributed by atoms with van der Waals surface area (Å²) in [6, 6.07) is 12.0. The zero-order valence-electron chi connectivity index (χ0n) is 11.9. The highest BCUT2D eigenvalue weighted by Gasteiger charge is 2.16. The summed E-state index contributed by atoms with van der Waals surface area (Å²) in [5.41, 5.74) is 10.3. The SMILES string of the molecule is Nc1ccc(CC2CCCC2)cc1-c1ccc(Cl)c(Cl)c1. The molecule has 1 fully saturated rings. The minimum absolute atomic E-state index is 0.565. The van der Waals surface area contributed by atoms with E-state index in [4.69, 9.17) is 28.9 Å². The first-order valence-corrected chi connectivity index (χ1v) is 8.23. The highest BCUT2D eigenvalue weighted by atomic mass is 35.5. The minimum atomic E-state index is 0.565. The van der Waals surface area contributed by atoms with Gasteiger partial charge in [0.1, 0.15) is 0 Å². The summed E-state index contributed by atoms with van der Waals surface area (Å²) in [6.45, 7) is 0. The van der Waals surface area contributed by atoms with E-state index in [1.165, 1.54) is 31.2 Å². The molecule has 1 nitrogen and oxygen atoms in total. The number of halogens is 2.